The molecule has 5 heteroatoms. The van der Waals surface area contributed by atoms with Gasteiger partial charge in [0.25, 0.3) is 5.91 Å². The summed E-state index contributed by atoms with van der Waals surface area (Å²) in [5.74, 6) is -1.31. The van der Waals surface area contributed by atoms with Gasteiger partial charge in [-0.05, 0) is 55.8 Å². The predicted molar refractivity (Wildman–Crippen MR) is 109 cm³/mol. The van der Waals surface area contributed by atoms with Crippen molar-refractivity contribution in [2.45, 2.75) is 26.3 Å². The molecule has 28 heavy (non-hydrogen) atoms. The normalized spacial score (nSPS) is 11.8. The van der Waals surface area contributed by atoms with Crippen LogP contribution in [0.4, 0.5) is 0 Å². The molecule has 0 radical (unpaired) electrons. The molecule has 0 saturated heterocycles. The molecule has 0 aliphatic carbocycles. The molecule has 1 N–H and O–H groups in total. The number of carbonyl (C=O) groups is 2. The third kappa shape index (κ3) is 4.31. The minimum atomic E-state index is -1.02. The monoisotopic (exact) mass is 376 g/mol. The Morgan fingerprint density at radius 3 is 2.11 bits per heavy atom. The molecule has 2 aromatic carbocycles. The maximum Gasteiger partial charge on any atom is 0.326 e. The molecule has 0 spiro atoms. The number of likely N-dealkylation sites (N-methyl/N-ethyl adjacent to an activating group) is 1. The second-order valence-corrected chi connectivity index (χ2v) is 7.11. The SMILES string of the molecule is Cc1cc(C)cc(C(=O)N(C)[C@@H](Cc2ccc(-n3cccc3)cc2)C(=O)O)c1. The number of benzene rings is 2. The Morgan fingerprint density at radius 1 is 1.00 bits per heavy atom. The molecule has 5 nitrogen and oxygen atoms in total. The van der Waals surface area contributed by atoms with Crippen LogP contribution < -0.4 is 0 Å². The number of hydrogen-bond donors (Lipinski definition) is 1. The van der Waals surface area contributed by atoms with E-state index in [-0.39, 0.29) is 12.3 Å². The van der Waals surface area contributed by atoms with Gasteiger partial charge >= 0.3 is 5.97 Å². The van der Waals surface area contributed by atoms with Crippen molar-refractivity contribution in [2.24, 2.45) is 0 Å². The quantitative estimate of drug-likeness (QED) is 0.710. The van der Waals surface area contributed by atoms with Crippen LogP contribution in [0, 0.1) is 13.8 Å². The molecule has 0 fully saturated rings. The number of nitrogens with zero attached hydrogens (tertiary/aromatic N) is 2. The lowest BCUT2D eigenvalue weighted by molar-refractivity contribution is -0.141. The Balaban J connectivity index is 1.79. The Hall–Kier alpha value is -3.34. The second kappa shape index (κ2) is 8.13. The van der Waals surface area contributed by atoms with E-state index in [1.165, 1.54) is 4.90 Å². The van der Waals surface area contributed by atoms with Crippen LogP contribution >= 0.6 is 0 Å². The fourth-order valence-corrected chi connectivity index (χ4v) is 3.37. The van der Waals surface area contributed by atoms with Gasteiger partial charge in [0.15, 0.2) is 0 Å². The van der Waals surface area contributed by atoms with Gasteiger partial charge in [-0.25, -0.2) is 4.79 Å². The van der Waals surface area contributed by atoms with E-state index in [9.17, 15) is 14.7 Å². The molecule has 3 aromatic rings. The average molecular weight is 376 g/mol. The fraction of sp³-hybridized carbons (Fsp3) is 0.217. The van der Waals surface area contributed by atoms with Gasteiger partial charge in [0, 0.05) is 37.1 Å². The van der Waals surface area contributed by atoms with E-state index in [4.69, 9.17) is 0 Å². The lowest BCUT2D eigenvalue weighted by Crippen LogP contribution is -2.43. The lowest BCUT2D eigenvalue weighted by atomic mass is 10.0. The van der Waals surface area contributed by atoms with E-state index in [0.717, 1.165) is 22.4 Å². The first-order chi connectivity index (χ1) is 13.3. The van der Waals surface area contributed by atoms with Gasteiger partial charge in [0.05, 0.1) is 0 Å². The zero-order valence-corrected chi connectivity index (χ0v) is 16.3. The number of aromatic nitrogens is 1. The molecule has 3 rings (SSSR count). The van der Waals surface area contributed by atoms with Crippen LogP contribution in [-0.4, -0.2) is 39.5 Å². The summed E-state index contributed by atoms with van der Waals surface area (Å²) in [5, 5.41) is 9.72. The number of aliphatic carboxylic acids is 1. The number of carboxylic acids is 1. The highest BCUT2D eigenvalue weighted by Gasteiger charge is 2.27. The van der Waals surface area contributed by atoms with Crippen LogP contribution in [-0.2, 0) is 11.2 Å². The van der Waals surface area contributed by atoms with E-state index in [0.29, 0.717) is 5.56 Å². The van der Waals surface area contributed by atoms with E-state index in [2.05, 4.69) is 0 Å². The van der Waals surface area contributed by atoms with Crippen LogP contribution in [0.2, 0.25) is 0 Å². The largest absolute Gasteiger partial charge is 0.480 e. The summed E-state index contributed by atoms with van der Waals surface area (Å²) < 4.78 is 1.98. The molecular weight excluding hydrogens is 352 g/mol. The summed E-state index contributed by atoms with van der Waals surface area (Å²) in [6.07, 6.45) is 4.14. The maximum atomic E-state index is 12.9. The molecule has 0 aliphatic rings. The summed E-state index contributed by atoms with van der Waals surface area (Å²) in [5.41, 5.74) is 4.33. The number of carboxylic acid groups (broad SMARTS) is 1. The highest BCUT2D eigenvalue weighted by molar-refractivity contribution is 5.96. The van der Waals surface area contributed by atoms with Crippen molar-refractivity contribution < 1.29 is 14.7 Å². The van der Waals surface area contributed by atoms with Crippen LogP contribution in [0.1, 0.15) is 27.0 Å². The molecular formula is C23H24N2O3. The standard InChI is InChI=1S/C23H24N2O3/c1-16-12-17(2)14-19(13-16)22(26)24(3)21(23(27)28)15-18-6-8-20(9-7-18)25-10-4-5-11-25/h4-14,21H,15H2,1-3H3,(H,27,28)/t21-/m0/s1. The Bertz CT molecular complexity index is 955. The van der Waals surface area contributed by atoms with E-state index in [1.54, 1.807) is 19.2 Å². The van der Waals surface area contributed by atoms with Crippen molar-refractivity contribution in [2.75, 3.05) is 7.05 Å². The van der Waals surface area contributed by atoms with Crippen LogP contribution in [0.25, 0.3) is 5.69 Å². The van der Waals surface area contributed by atoms with Crippen molar-refractivity contribution in [3.8, 4) is 5.69 Å². The molecule has 1 heterocycles. The maximum absolute atomic E-state index is 12.9. The van der Waals surface area contributed by atoms with Crippen LogP contribution in [0.3, 0.4) is 0 Å². The van der Waals surface area contributed by atoms with Gasteiger partial charge in [-0.1, -0.05) is 29.3 Å². The summed E-state index contributed by atoms with van der Waals surface area (Å²) in [6.45, 7) is 3.84. The molecule has 1 atom stereocenters. The Labute approximate surface area is 164 Å². The lowest BCUT2D eigenvalue weighted by Gasteiger charge is -2.25. The zero-order chi connectivity index (χ0) is 20.3. The first kappa shape index (κ1) is 19.4. The van der Waals surface area contributed by atoms with Crippen LogP contribution in [0.5, 0.6) is 0 Å². The van der Waals surface area contributed by atoms with E-state index >= 15 is 0 Å². The average Bonchev–Trinajstić information content (AvgIpc) is 3.19. The topological polar surface area (TPSA) is 62.5 Å². The number of carbonyl (C=O) groups excluding carboxylic acids is 1. The fourth-order valence-electron chi connectivity index (χ4n) is 3.37. The first-order valence-electron chi connectivity index (χ1n) is 9.15. The summed E-state index contributed by atoms with van der Waals surface area (Å²) in [4.78, 5) is 26.0. The van der Waals surface area contributed by atoms with Crippen molar-refractivity contribution in [1.29, 1.82) is 0 Å². The summed E-state index contributed by atoms with van der Waals surface area (Å²) in [7, 11) is 1.55. The van der Waals surface area contributed by atoms with Gasteiger partial charge in [-0.3, -0.25) is 4.79 Å². The van der Waals surface area contributed by atoms with Crippen molar-refractivity contribution >= 4 is 11.9 Å². The minimum Gasteiger partial charge on any atom is -0.480 e. The highest BCUT2D eigenvalue weighted by Crippen LogP contribution is 2.17. The van der Waals surface area contributed by atoms with Gasteiger partial charge < -0.3 is 14.6 Å². The summed E-state index contributed by atoms with van der Waals surface area (Å²) >= 11 is 0. The van der Waals surface area contributed by atoms with E-state index in [1.807, 2.05) is 73.3 Å². The number of amides is 1. The van der Waals surface area contributed by atoms with Gasteiger partial charge in [0.1, 0.15) is 6.04 Å². The molecule has 0 saturated carbocycles. The third-order valence-corrected chi connectivity index (χ3v) is 4.81. The number of aryl methyl sites for hydroxylation is 2. The molecule has 0 unspecified atom stereocenters. The van der Waals surface area contributed by atoms with Crippen molar-refractivity contribution in [3.05, 3.63) is 89.2 Å². The molecule has 144 valence electrons. The predicted octanol–water partition coefficient (Wildman–Crippen LogP) is 3.86. The minimum absolute atomic E-state index is 0.244. The van der Waals surface area contributed by atoms with Gasteiger partial charge in [-0.2, -0.15) is 0 Å². The van der Waals surface area contributed by atoms with Gasteiger partial charge in [-0.15, -0.1) is 0 Å². The first-order valence-corrected chi connectivity index (χ1v) is 9.15. The highest BCUT2D eigenvalue weighted by atomic mass is 16.4. The van der Waals surface area contributed by atoms with E-state index < -0.39 is 12.0 Å². The molecule has 0 bridgehead atoms. The van der Waals surface area contributed by atoms with Crippen molar-refractivity contribution in [1.82, 2.24) is 9.47 Å². The van der Waals surface area contributed by atoms with Gasteiger partial charge in [0.2, 0.25) is 0 Å². The molecule has 0 aliphatic heterocycles. The Kier molecular flexibility index (Phi) is 5.64. The summed E-state index contributed by atoms with van der Waals surface area (Å²) in [6, 6.07) is 16.2. The second-order valence-electron chi connectivity index (χ2n) is 7.11. The third-order valence-electron chi connectivity index (χ3n) is 4.81. The smallest absolute Gasteiger partial charge is 0.326 e. The number of hydrogen-bond acceptors (Lipinski definition) is 2. The van der Waals surface area contributed by atoms with Crippen molar-refractivity contribution in [3.63, 3.8) is 0 Å². The molecule has 1 amide bonds. The van der Waals surface area contributed by atoms with Crippen LogP contribution in [0.15, 0.2) is 67.0 Å². The number of rotatable bonds is 6. The zero-order valence-electron chi connectivity index (χ0n) is 16.3. The molecule has 1 aromatic heterocycles. The Morgan fingerprint density at radius 2 is 1.57 bits per heavy atom.